The highest BCUT2D eigenvalue weighted by Gasteiger charge is 2.17. The molecule has 0 radical (unpaired) electrons. The maximum atomic E-state index is 10.8. The summed E-state index contributed by atoms with van der Waals surface area (Å²) >= 11 is 0. The number of nitrogens with zero attached hydrogens (tertiary/aromatic N) is 1. The number of carboxylic acids is 1. The standard InChI is InChI=1S/C34H41NO5/c1-24-21-30(13-14-32(24)40-23-33(37)38)39-20-17-31(27-9-11-28(12-10-27)34(2,3)4)26-7-5-25(6-8-26)22-35-18-15-29(36)16-19-35/h5-14,17,21,29,36H,15-16,18-20,22-23H2,1-4H3,(H,37,38)/b31-17+. The molecule has 1 saturated heterocycles. The Bertz CT molecular complexity index is 1300. The Labute approximate surface area is 237 Å². The van der Waals surface area contributed by atoms with E-state index in [1.54, 1.807) is 12.1 Å². The molecule has 0 aromatic heterocycles. The van der Waals surface area contributed by atoms with E-state index >= 15 is 0 Å². The van der Waals surface area contributed by atoms with Gasteiger partial charge in [0.15, 0.2) is 6.61 Å². The van der Waals surface area contributed by atoms with Gasteiger partial charge in [-0.1, -0.05) is 69.3 Å². The molecular formula is C34H41NO5. The number of carboxylic acid groups (broad SMARTS) is 1. The Morgan fingerprint density at radius 2 is 1.57 bits per heavy atom. The first kappa shape index (κ1) is 29.4. The molecule has 3 aromatic rings. The Hall–Kier alpha value is -3.61. The topological polar surface area (TPSA) is 79.2 Å². The number of aliphatic carboxylic acids is 1. The second kappa shape index (κ2) is 13.2. The van der Waals surface area contributed by atoms with Gasteiger partial charge in [0, 0.05) is 19.6 Å². The van der Waals surface area contributed by atoms with E-state index in [1.807, 2.05) is 13.0 Å². The van der Waals surface area contributed by atoms with Crippen LogP contribution in [0.5, 0.6) is 11.5 Å². The van der Waals surface area contributed by atoms with E-state index < -0.39 is 5.97 Å². The van der Waals surface area contributed by atoms with Crippen molar-refractivity contribution in [3.8, 4) is 11.5 Å². The average Bonchev–Trinajstić information content (AvgIpc) is 2.92. The second-order valence-electron chi connectivity index (χ2n) is 11.6. The minimum Gasteiger partial charge on any atom is -0.489 e. The van der Waals surface area contributed by atoms with Crippen LogP contribution in [0.1, 0.15) is 61.4 Å². The lowest BCUT2D eigenvalue weighted by molar-refractivity contribution is -0.139. The predicted octanol–water partition coefficient (Wildman–Crippen LogP) is 6.22. The lowest BCUT2D eigenvalue weighted by Crippen LogP contribution is -2.35. The summed E-state index contributed by atoms with van der Waals surface area (Å²) in [7, 11) is 0. The number of aryl methyl sites for hydroxylation is 1. The maximum Gasteiger partial charge on any atom is 0.341 e. The van der Waals surface area contributed by atoms with E-state index in [2.05, 4.69) is 80.3 Å². The quantitative estimate of drug-likeness (QED) is 0.316. The third kappa shape index (κ3) is 8.20. The SMILES string of the molecule is Cc1cc(OC/C=C(\c2ccc(CN3CCC(O)CC3)cc2)c2ccc(C(C)(C)C)cc2)ccc1OCC(=O)O. The number of piperidine rings is 1. The van der Waals surface area contributed by atoms with Crippen molar-refractivity contribution < 1.29 is 24.5 Å². The monoisotopic (exact) mass is 543 g/mol. The smallest absolute Gasteiger partial charge is 0.341 e. The number of ether oxygens (including phenoxy) is 2. The van der Waals surface area contributed by atoms with Crippen LogP contribution in [-0.4, -0.2) is 53.5 Å². The fourth-order valence-corrected chi connectivity index (χ4v) is 4.91. The van der Waals surface area contributed by atoms with Crippen LogP contribution in [0.15, 0.2) is 72.8 Å². The van der Waals surface area contributed by atoms with E-state index in [1.165, 1.54) is 11.1 Å². The van der Waals surface area contributed by atoms with Gasteiger partial charge in [0.05, 0.1) is 6.10 Å². The first-order valence-electron chi connectivity index (χ1n) is 14.0. The number of carbonyl (C=O) groups is 1. The van der Waals surface area contributed by atoms with E-state index in [0.717, 1.165) is 54.7 Å². The van der Waals surface area contributed by atoms with Crippen LogP contribution in [0.2, 0.25) is 0 Å². The van der Waals surface area contributed by atoms with Gasteiger partial charge in [0.1, 0.15) is 18.1 Å². The number of benzene rings is 3. The van der Waals surface area contributed by atoms with Crippen molar-refractivity contribution in [2.75, 3.05) is 26.3 Å². The van der Waals surface area contributed by atoms with Crippen LogP contribution >= 0.6 is 0 Å². The van der Waals surface area contributed by atoms with Gasteiger partial charge < -0.3 is 19.7 Å². The van der Waals surface area contributed by atoms with Crippen molar-refractivity contribution in [2.45, 2.75) is 58.6 Å². The minimum absolute atomic E-state index is 0.0792. The summed E-state index contributed by atoms with van der Waals surface area (Å²) < 4.78 is 11.4. The molecule has 6 nitrogen and oxygen atoms in total. The molecule has 1 fully saturated rings. The summed E-state index contributed by atoms with van der Waals surface area (Å²) in [5, 5.41) is 18.7. The van der Waals surface area contributed by atoms with Gasteiger partial charge in [0.2, 0.25) is 0 Å². The molecule has 0 spiro atoms. The summed E-state index contributed by atoms with van der Waals surface area (Å²) in [6.45, 7) is 11.3. The molecule has 4 rings (SSSR count). The van der Waals surface area contributed by atoms with Crippen LogP contribution in [0, 0.1) is 6.92 Å². The predicted molar refractivity (Wildman–Crippen MR) is 159 cm³/mol. The van der Waals surface area contributed by atoms with Gasteiger partial charge in [-0.15, -0.1) is 0 Å². The van der Waals surface area contributed by atoms with Crippen molar-refractivity contribution in [1.82, 2.24) is 4.90 Å². The molecule has 1 aliphatic heterocycles. The Morgan fingerprint density at radius 3 is 2.15 bits per heavy atom. The number of hydrogen-bond acceptors (Lipinski definition) is 5. The molecule has 0 atom stereocenters. The van der Waals surface area contributed by atoms with Crippen LogP contribution in [0.4, 0.5) is 0 Å². The zero-order valence-corrected chi connectivity index (χ0v) is 24.0. The highest BCUT2D eigenvalue weighted by Crippen LogP contribution is 2.29. The highest BCUT2D eigenvalue weighted by atomic mass is 16.5. The molecule has 6 heteroatoms. The summed E-state index contributed by atoms with van der Waals surface area (Å²) in [6.07, 6.45) is 3.63. The van der Waals surface area contributed by atoms with Crippen LogP contribution in [0.25, 0.3) is 5.57 Å². The lowest BCUT2D eigenvalue weighted by atomic mass is 9.85. The van der Waals surface area contributed by atoms with Crippen molar-refractivity contribution in [2.24, 2.45) is 0 Å². The average molecular weight is 544 g/mol. The normalized spacial score (nSPS) is 15.2. The number of aliphatic hydroxyl groups excluding tert-OH is 1. The number of hydrogen-bond donors (Lipinski definition) is 2. The van der Waals surface area contributed by atoms with E-state index in [4.69, 9.17) is 14.6 Å². The maximum absolute atomic E-state index is 10.8. The molecular weight excluding hydrogens is 502 g/mol. The largest absolute Gasteiger partial charge is 0.489 e. The zero-order valence-electron chi connectivity index (χ0n) is 24.0. The Kier molecular flexibility index (Phi) is 9.67. The van der Waals surface area contributed by atoms with Crippen molar-refractivity contribution in [3.05, 3.63) is 101 Å². The number of rotatable bonds is 10. The fraction of sp³-hybridized carbons (Fsp3) is 0.382. The first-order valence-corrected chi connectivity index (χ1v) is 14.0. The van der Waals surface area contributed by atoms with Crippen molar-refractivity contribution in [1.29, 1.82) is 0 Å². The van der Waals surface area contributed by atoms with E-state index in [0.29, 0.717) is 18.1 Å². The highest BCUT2D eigenvalue weighted by molar-refractivity contribution is 5.80. The van der Waals surface area contributed by atoms with E-state index in [9.17, 15) is 9.90 Å². The zero-order chi connectivity index (χ0) is 28.7. The molecule has 0 aliphatic carbocycles. The first-order chi connectivity index (χ1) is 19.1. The molecule has 1 heterocycles. The minimum atomic E-state index is -1.01. The van der Waals surface area contributed by atoms with Gasteiger partial charge >= 0.3 is 5.97 Å². The molecule has 3 aromatic carbocycles. The van der Waals surface area contributed by atoms with Crippen molar-refractivity contribution >= 4 is 11.5 Å². The van der Waals surface area contributed by atoms with Gasteiger partial charge in [0.25, 0.3) is 0 Å². The summed E-state index contributed by atoms with van der Waals surface area (Å²) in [5.41, 5.74) is 6.80. The molecule has 1 aliphatic rings. The summed E-state index contributed by atoms with van der Waals surface area (Å²) in [4.78, 5) is 13.2. The van der Waals surface area contributed by atoms with Crippen molar-refractivity contribution in [3.63, 3.8) is 0 Å². The summed E-state index contributed by atoms with van der Waals surface area (Å²) in [5.74, 6) is 0.221. The third-order valence-corrected chi connectivity index (χ3v) is 7.33. The van der Waals surface area contributed by atoms with Crippen LogP contribution in [-0.2, 0) is 16.8 Å². The Morgan fingerprint density at radius 1 is 0.950 bits per heavy atom. The Balaban J connectivity index is 1.52. The van der Waals surface area contributed by atoms with Gasteiger partial charge in [-0.3, -0.25) is 4.90 Å². The third-order valence-electron chi connectivity index (χ3n) is 7.33. The molecule has 0 unspecified atom stereocenters. The molecule has 212 valence electrons. The second-order valence-corrected chi connectivity index (χ2v) is 11.6. The van der Waals surface area contributed by atoms with Gasteiger partial charge in [-0.05, 0) is 82.8 Å². The lowest BCUT2D eigenvalue weighted by Gasteiger charge is -2.29. The molecule has 40 heavy (non-hydrogen) atoms. The number of likely N-dealkylation sites (tertiary alicyclic amines) is 1. The number of aliphatic hydroxyl groups is 1. The molecule has 2 N–H and O–H groups in total. The summed E-state index contributed by atoms with van der Waals surface area (Å²) in [6, 6.07) is 22.9. The molecule has 0 bridgehead atoms. The van der Waals surface area contributed by atoms with Crippen LogP contribution < -0.4 is 9.47 Å². The van der Waals surface area contributed by atoms with Gasteiger partial charge in [-0.25, -0.2) is 4.79 Å². The van der Waals surface area contributed by atoms with Gasteiger partial charge in [-0.2, -0.15) is 0 Å². The molecule has 0 saturated carbocycles. The molecule has 0 amide bonds. The fourth-order valence-electron chi connectivity index (χ4n) is 4.91. The van der Waals surface area contributed by atoms with Crippen LogP contribution in [0.3, 0.4) is 0 Å². The van der Waals surface area contributed by atoms with E-state index in [-0.39, 0.29) is 18.1 Å².